The van der Waals surface area contributed by atoms with Crippen LogP contribution in [0.1, 0.15) is 5.56 Å². The lowest BCUT2D eigenvalue weighted by Crippen LogP contribution is -2.05. The number of alkyl halides is 3. The van der Waals surface area contributed by atoms with Gasteiger partial charge < -0.3 is 4.74 Å². The number of benzene rings is 1. The molecule has 0 atom stereocenters. The summed E-state index contributed by atoms with van der Waals surface area (Å²) in [6, 6.07) is 8.25. The van der Waals surface area contributed by atoms with Crippen LogP contribution >= 0.6 is 0 Å². The molecule has 0 unspecified atom stereocenters. The number of hydrogen-bond acceptors (Lipinski definition) is 2. The fraction of sp³-hybridized carbons (Fsp3) is 0.0833. The van der Waals surface area contributed by atoms with E-state index in [-0.39, 0.29) is 11.6 Å². The van der Waals surface area contributed by atoms with Crippen molar-refractivity contribution < 1.29 is 22.3 Å². The molecule has 1 aromatic heterocycles. The lowest BCUT2D eigenvalue weighted by Gasteiger charge is -2.08. The van der Waals surface area contributed by atoms with Crippen LogP contribution in [0.25, 0.3) is 0 Å². The molecular weight excluding hydrogens is 250 g/mol. The van der Waals surface area contributed by atoms with Crippen LogP contribution in [0.4, 0.5) is 17.6 Å². The highest BCUT2D eigenvalue weighted by Crippen LogP contribution is 2.30. The van der Waals surface area contributed by atoms with E-state index >= 15 is 0 Å². The van der Waals surface area contributed by atoms with E-state index in [0.717, 1.165) is 12.1 Å². The standard InChI is InChI=1S/C12H6F4NO/c13-9-3-1-2-4-10(9)18-11-6-5-8(7-17-11)12(14,15)16/h1-2,4-7H. The molecule has 0 fully saturated rings. The Bertz CT molecular complexity index is 537. The van der Waals surface area contributed by atoms with Gasteiger partial charge in [-0.3, -0.25) is 0 Å². The van der Waals surface area contributed by atoms with Gasteiger partial charge in [-0.15, -0.1) is 0 Å². The van der Waals surface area contributed by atoms with Crippen molar-refractivity contribution >= 4 is 0 Å². The molecule has 2 nitrogen and oxygen atoms in total. The third-order valence-electron chi connectivity index (χ3n) is 2.05. The fourth-order valence-electron chi connectivity index (χ4n) is 1.20. The van der Waals surface area contributed by atoms with Gasteiger partial charge in [0.25, 0.3) is 0 Å². The summed E-state index contributed by atoms with van der Waals surface area (Å²) in [7, 11) is 0. The highest BCUT2D eigenvalue weighted by atomic mass is 19.4. The molecule has 0 bridgehead atoms. The smallest absolute Gasteiger partial charge is 0.417 e. The van der Waals surface area contributed by atoms with Gasteiger partial charge in [0.2, 0.25) is 5.88 Å². The second-order valence-electron chi connectivity index (χ2n) is 3.33. The summed E-state index contributed by atoms with van der Waals surface area (Å²) in [5, 5.41) is 0. The first kappa shape index (κ1) is 12.3. The molecule has 0 spiro atoms. The SMILES string of the molecule is Fc1[c]cccc1Oc1ccc(C(F)(F)F)cn1. The second-order valence-corrected chi connectivity index (χ2v) is 3.33. The fourth-order valence-corrected chi connectivity index (χ4v) is 1.20. The van der Waals surface area contributed by atoms with Crippen LogP contribution in [0.2, 0.25) is 0 Å². The van der Waals surface area contributed by atoms with Gasteiger partial charge in [0.1, 0.15) is 0 Å². The quantitative estimate of drug-likeness (QED) is 0.762. The van der Waals surface area contributed by atoms with Crippen molar-refractivity contribution in [2.24, 2.45) is 0 Å². The zero-order chi connectivity index (χ0) is 13.2. The number of hydrogen-bond donors (Lipinski definition) is 0. The van der Waals surface area contributed by atoms with Gasteiger partial charge in [-0.05, 0) is 12.1 Å². The predicted molar refractivity (Wildman–Crippen MR) is 54.5 cm³/mol. The molecule has 6 heteroatoms. The van der Waals surface area contributed by atoms with Gasteiger partial charge in [0.05, 0.1) is 5.56 Å². The maximum absolute atomic E-state index is 13.2. The summed E-state index contributed by atoms with van der Waals surface area (Å²) < 4.78 is 54.9. The minimum absolute atomic E-state index is 0.124. The molecule has 1 heterocycles. The largest absolute Gasteiger partial charge is 0.436 e. The third-order valence-corrected chi connectivity index (χ3v) is 2.05. The number of ether oxygens (including phenoxy) is 1. The summed E-state index contributed by atoms with van der Waals surface area (Å²) in [5.74, 6) is -1.01. The van der Waals surface area contributed by atoms with Crippen molar-refractivity contribution in [2.45, 2.75) is 6.18 Å². The van der Waals surface area contributed by atoms with E-state index in [2.05, 4.69) is 11.1 Å². The van der Waals surface area contributed by atoms with E-state index < -0.39 is 17.6 Å². The highest BCUT2D eigenvalue weighted by molar-refractivity contribution is 5.29. The molecule has 0 aliphatic rings. The van der Waals surface area contributed by atoms with Crippen molar-refractivity contribution in [3.63, 3.8) is 0 Å². The molecule has 93 valence electrons. The Kier molecular flexibility index (Phi) is 3.18. The van der Waals surface area contributed by atoms with E-state index in [1.807, 2.05) is 0 Å². The second kappa shape index (κ2) is 4.64. The molecule has 1 radical (unpaired) electrons. The van der Waals surface area contributed by atoms with Gasteiger partial charge in [-0.2, -0.15) is 13.2 Å². The summed E-state index contributed by atoms with van der Waals surface area (Å²) >= 11 is 0. The van der Waals surface area contributed by atoms with Crippen LogP contribution in [0.3, 0.4) is 0 Å². The van der Waals surface area contributed by atoms with Gasteiger partial charge in [0, 0.05) is 18.3 Å². The average Bonchev–Trinajstić information content (AvgIpc) is 2.32. The van der Waals surface area contributed by atoms with Crippen LogP contribution in [0.5, 0.6) is 11.6 Å². The Morgan fingerprint density at radius 1 is 1.17 bits per heavy atom. The van der Waals surface area contributed by atoms with E-state index in [4.69, 9.17) is 4.74 Å². The number of aromatic nitrogens is 1. The molecule has 2 rings (SSSR count). The van der Waals surface area contributed by atoms with E-state index in [1.54, 1.807) is 0 Å². The summed E-state index contributed by atoms with van der Waals surface area (Å²) in [4.78, 5) is 3.46. The number of pyridine rings is 1. The predicted octanol–water partition coefficient (Wildman–Crippen LogP) is 3.83. The van der Waals surface area contributed by atoms with Crippen molar-refractivity contribution in [3.05, 3.63) is 54.0 Å². The lowest BCUT2D eigenvalue weighted by molar-refractivity contribution is -0.137. The van der Waals surface area contributed by atoms with E-state index in [9.17, 15) is 17.6 Å². The van der Waals surface area contributed by atoms with Crippen molar-refractivity contribution in [3.8, 4) is 11.6 Å². The number of rotatable bonds is 2. The molecule has 0 aliphatic carbocycles. The van der Waals surface area contributed by atoms with E-state index in [0.29, 0.717) is 6.20 Å². The minimum Gasteiger partial charge on any atom is -0.436 e. The first-order chi connectivity index (χ1) is 8.47. The molecule has 0 saturated carbocycles. The Hall–Kier alpha value is -2.11. The first-order valence-electron chi connectivity index (χ1n) is 4.84. The molecule has 0 saturated heterocycles. The van der Waals surface area contributed by atoms with Crippen molar-refractivity contribution in [2.75, 3.05) is 0 Å². The van der Waals surface area contributed by atoms with Gasteiger partial charge >= 0.3 is 6.18 Å². The molecule has 0 amide bonds. The van der Waals surface area contributed by atoms with Gasteiger partial charge in [0.15, 0.2) is 11.6 Å². The summed E-state index contributed by atoms with van der Waals surface area (Å²) in [5.41, 5.74) is -0.894. The number of halogens is 4. The monoisotopic (exact) mass is 256 g/mol. The summed E-state index contributed by atoms with van der Waals surface area (Å²) in [6.45, 7) is 0. The molecule has 0 N–H and O–H groups in total. The Labute approximate surface area is 99.8 Å². The van der Waals surface area contributed by atoms with Crippen molar-refractivity contribution in [1.82, 2.24) is 4.98 Å². The van der Waals surface area contributed by atoms with Crippen LogP contribution in [-0.2, 0) is 6.18 Å². The van der Waals surface area contributed by atoms with Crippen LogP contribution in [0.15, 0.2) is 36.5 Å². The summed E-state index contributed by atoms with van der Waals surface area (Å²) in [6.07, 6.45) is -3.84. The maximum atomic E-state index is 13.2. The van der Waals surface area contributed by atoms with Crippen molar-refractivity contribution in [1.29, 1.82) is 0 Å². The Morgan fingerprint density at radius 2 is 1.94 bits per heavy atom. The first-order valence-corrected chi connectivity index (χ1v) is 4.84. The van der Waals surface area contributed by atoms with Crippen LogP contribution < -0.4 is 4.74 Å². The molecule has 0 aliphatic heterocycles. The third kappa shape index (κ3) is 2.77. The number of nitrogens with zero attached hydrogens (tertiary/aromatic N) is 1. The Morgan fingerprint density at radius 3 is 2.50 bits per heavy atom. The maximum Gasteiger partial charge on any atom is 0.417 e. The van der Waals surface area contributed by atoms with E-state index in [1.165, 1.54) is 18.2 Å². The van der Waals surface area contributed by atoms with Crippen LogP contribution in [-0.4, -0.2) is 4.98 Å². The minimum atomic E-state index is -4.46. The average molecular weight is 256 g/mol. The van der Waals surface area contributed by atoms with Gasteiger partial charge in [-0.1, -0.05) is 12.1 Å². The zero-order valence-corrected chi connectivity index (χ0v) is 8.83. The zero-order valence-electron chi connectivity index (χ0n) is 8.83. The molecule has 1 aromatic carbocycles. The highest BCUT2D eigenvalue weighted by Gasteiger charge is 2.30. The topological polar surface area (TPSA) is 22.1 Å². The Balaban J connectivity index is 2.19. The lowest BCUT2D eigenvalue weighted by atomic mass is 10.3. The van der Waals surface area contributed by atoms with Gasteiger partial charge in [-0.25, -0.2) is 9.37 Å². The molecule has 2 aromatic rings. The van der Waals surface area contributed by atoms with Crippen LogP contribution in [0, 0.1) is 11.9 Å². The normalized spacial score (nSPS) is 11.3. The molecule has 18 heavy (non-hydrogen) atoms. The molecular formula is C12H6F4NO.